The molecule has 0 radical (unpaired) electrons. The fraction of sp³-hybridized carbons (Fsp3) is 0.438. The number of sulfonamides is 1. The zero-order valence-corrected chi connectivity index (χ0v) is 14.1. The van der Waals surface area contributed by atoms with Crippen LogP contribution in [0.5, 0.6) is 0 Å². The van der Waals surface area contributed by atoms with Crippen molar-refractivity contribution in [3.05, 3.63) is 36.0 Å². The summed E-state index contributed by atoms with van der Waals surface area (Å²) >= 11 is 0. The van der Waals surface area contributed by atoms with Gasteiger partial charge in [-0.1, -0.05) is 26.0 Å². The number of rotatable bonds is 6. The summed E-state index contributed by atoms with van der Waals surface area (Å²) < 4.78 is 27.8. The maximum absolute atomic E-state index is 12.6. The van der Waals surface area contributed by atoms with Gasteiger partial charge in [0.15, 0.2) is 0 Å². The van der Waals surface area contributed by atoms with Crippen molar-refractivity contribution in [2.75, 3.05) is 6.54 Å². The van der Waals surface area contributed by atoms with Gasteiger partial charge in [-0.2, -0.15) is 0 Å². The predicted molar refractivity (Wildman–Crippen MR) is 89.2 cm³/mol. The number of aromatic nitrogens is 1. The van der Waals surface area contributed by atoms with Crippen LogP contribution in [-0.2, 0) is 10.0 Å². The molecule has 2 rings (SSSR count). The normalized spacial score (nSPS) is 12.7. The van der Waals surface area contributed by atoms with Gasteiger partial charge in [0.25, 0.3) is 0 Å². The third-order valence-corrected chi connectivity index (χ3v) is 5.56. The summed E-state index contributed by atoms with van der Waals surface area (Å²) in [5, 5.41) is 0.813. The van der Waals surface area contributed by atoms with Gasteiger partial charge in [0.1, 0.15) is 4.90 Å². The van der Waals surface area contributed by atoms with Gasteiger partial charge >= 0.3 is 0 Å². The monoisotopic (exact) mass is 321 g/mol. The summed E-state index contributed by atoms with van der Waals surface area (Å²) in [4.78, 5) is 4.48. The van der Waals surface area contributed by atoms with Gasteiger partial charge in [0, 0.05) is 23.7 Å². The minimum absolute atomic E-state index is 0.194. The fourth-order valence-corrected chi connectivity index (χ4v) is 3.59. The standard InChI is InChI=1S/C16H23N3O2S/c1-4-16(17,5-2)11-19-22(20,21)14-8-6-7-13-9-12(3)10-18-15(13)14/h6-10,19H,4-5,11,17H2,1-3H3. The second-order valence-corrected chi connectivity index (χ2v) is 7.47. The van der Waals surface area contributed by atoms with Crippen LogP contribution in [0.1, 0.15) is 32.3 Å². The fourth-order valence-electron chi connectivity index (χ4n) is 2.28. The van der Waals surface area contributed by atoms with Gasteiger partial charge in [-0.25, -0.2) is 13.1 Å². The lowest BCUT2D eigenvalue weighted by atomic mass is 9.95. The van der Waals surface area contributed by atoms with Gasteiger partial charge in [-0.15, -0.1) is 0 Å². The molecule has 22 heavy (non-hydrogen) atoms. The van der Waals surface area contributed by atoms with Crippen molar-refractivity contribution >= 4 is 20.9 Å². The van der Waals surface area contributed by atoms with E-state index in [0.29, 0.717) is 18.4 Å². The number of hydrogen-bond acceptors (Lipinski definition) is 4. The lowest BCUT2D eigenvalue weighted by Gasteiger charge is -2.26. The maximum Gasteiger partial charge on any atom is 0.242 e. The highest BCUT2D eigenvalue weighted by Gasteiger charge is 2.25. The summed E-state index contributed by atoms with van der Waals surface area (Å²) in [6.07, 6.45) is 3.09. The minimum atomic E-state index is -3.65. The van der Waals surface area contributed by atoms with E-state index in [0.717, 1.165) is 10.9 Å². The maximum atomic E-state index is 12.6. The number of benzene rings is 1. The summed E-state index contributed by atoms with van der Waals surface area (Å²) in [5.41, 5.74) is 7.12. The van der Waals surface area contributed by atoms with Crippen LogP contribution in [0.3, 0.4) is 0 Å². The van der Waals surface area contributed by atoms with E-state index in [2.05, 4.69) is 9.71 Å². The van der Waals surface area contributed by atoms with Gasteiger partial charge in [-0.05, 0) is 37.5 Å². The lowest BCUT2D eigenvalue weighted by Crippen LogP contribution is -2.49. The molecule has 0 aliphatic heterocycles. The highest BCUT2D eigenvalue weighted by atomic mass is 32.2. The first-order valence-corrected chi connectivity index (χ1v) is 8.93. The minimum Gasteiger partial charge on any atom is -0.324 e. The zero-order valence-electron chi connectivity index (χ0n) is 13.3. The van der Waals surface area contributed by atoms with E-state index >= 15 is 0 Å². The first-order valence-electron chi connectivity index (χ1n) is 7.45. The van der Waals surface area contributed by atoms with Crippen molar-refractivity contribution in [1.29, 1.82) is 0 Å². The molecule has 2 aromatic rings. The zero-order chi connectivity index (χ0) is 16.4. The van der Waals surface area contributed by atoms with Crippen LogP contribution in [0.2, 0.25) is 0 Å². The summed E-state index contributed by atoms with van der Waals surface area (Å²) in [6.45, 7) is 6.06. The van der Waals surface area contributed by atoms with E-state index < -0.39 is 15.6 Å². The van der Waals surface area contributed by atoms with E-state index in [9.17, 15) is 8.42 Å². The topological polar surface area (TPSA) is 85.1 Å². The van der Waals surface area contributed by atoms with Crippen molar-refractivity contribution in [2.45, 2.75) is 44.0 Å². The number of pyridine rings is 1. The first kappa shape index (κ1) is 16.9. The van der Waals surface area contributed by atoms with Gasteiger partial charge in [0.05, 0.1) is 5.52 Å². The average Bonchev–Trinajstić information content (AvgIpc) is 2.52. The molecule has 0 spiro atoms. The van der Waals surface area contributed by atoms with Crippen LogP contribution in [0.4, 0.5) is 0 Å². The number of nitrogens with zero attached hydrogens (tertiary/aromatic N) is 1. The largest absolute Gasteiger partial charge is 0.324 e. The van der Waals surface area contributed by atoms with Crippen molar-refractivity contribution in [2.24, 2.45) is 5.73 Å². The van der Waals surface area contributed by atoms with Crippen LogP contribution in [0.15, 0.2) is 35.4 Å². The Bertz CT molecular complexity index is 768. The summed E-state index contributed by atoms with van der Waals surface area (Å²) in [6, 6.07) is 7.09. The molecule has 0 saturated heterocycles. The van der Waals surface area contributed by atoms with E-state index in [1.54, 1.807) is 18.3 Å². The Morgan fingerprint density at radius 2 is 1.95 bits per heavy atom. The van der Waals surface area contributed by atoms with Crippen LogP contribution in [-0.4, -0.2) is 25.5 Å². The third-order valence-electron chi connectivity index (χ3n) is 4.12. The Morgan fingerprint density at radius 3 is 2.59 bits per heavy atom. The first-order chi connectivity index (χ1) is 10.3. The molecule has 120 valence electrons. The summed E-state index contributed by atoms with van der Waals surface area (Å²) in [5.74, 6) is 0. The average molecular weight is 321 g/mol. The van der Waals surface area contributed by atoms with Crippen LogP contribution in [0, 0.1) is 6.92 Å². The Balaban J connectivity index is 2.38. The van der Waals surface area contributed by atoms with Gasteiger partial charge in [0.2, 0.25) is 10.0 Å². The SMILES string of the molecule is CCC(N)(CC)CNS(=O)(=O)c1cccc2cc(C)cnc12. The van der Waals surface area contributed by atoms with E-state index in [4.69, 9.17) is 5.73 Å². The molecule has 5 nitrogen and oxygen atoms in total. The molecule has 0 saturated carbocycles. The molecule has 0 atom stereocenters. The second-order valence-electron chi connectivity index (χ2n) is 5.73. The van der Waals surface area contributed by atoms with Gasteiger partial charge in [-0.3, -0.25) is 4.98 Å². The molecule has 0 amide bonds. The molecule has 6 heteroatoms. The third kappa shape index (κ3) is 3.45. The van der Waals surface area contributed by atoms with E-state index in [-0.39, 0.29) is 11.4 Å². The van der Waals surface area contributed by atoms with Crippen LogP contribution >= 0.6 is 0 Å². The van der Waals surface area contributed by atoms with E-state index in [1.807, 2.05) is 32.9 Å². The van der Waals surface area contributed by atoms with Crippen molar-refractivity contribution in [3.63, 3.8) is 0 Å². The molecular weight excluding hydrogens is 298 g/mol. The van der Waals surface area contributed by atoms with Crippen LogP contribution < -0.4 is 10.5 Å². The molecule has 0 fully saturated rings. The number of hydrogen-bond donors (Lipinski definition) is 2. The number of para-hydroxylation sites is 1. The number of nitrogens with two attached hydrogens (primary N) is 1. The van der Waals surface area contributed by atoms with Gasteiger partial charge < -0.3 is 5.73 Å². The molecule has 1 aromatic heterocycles. The Morgan fingerprint density at radius 1 is 1.27 bits per heavy atom. The molecular formula is C16H23N3O2S. The van der Waals surface area contributed by atoms with Crippen molar-refractivity contribution in [1.82, 2.24) is 9.71 Å². The molecule has 0 aliphatic carbocycles. The predicted octanol–water partition coefficient (Wildman–Crippen LogP) is 2.34. The molecule has 0 aliphatic rings. The number of aryl methyl sites for hydroxylation is 1. The Kier molecular flexibility index (Phi) is 4.84. The molecule has 1 heterocycles. The number of nitrogens with one attached hydrogen (secondary N) is 1. The molecule has 3 N–H and O–H groups in total. The van der Waals surface area contributed by atoms with Crippen LogP contribution in [0.25, 0.3) is 10.9 Å². The number of fused-ring (bicyclic) bond motifs is 1. The smallest absolute Gasteiger partial charge is 0.242 e. The second kappa shape index (κ2) is 6.32. The highest BCUT2D eigenvalue weighted by Crippen LogP contribution is 2.22. The quantitative estimate of drug-likeness (QED) is 0.855. The van der Waals surface area contributed by atoms with E-state index in [1.165, 1.54) is 0 Å². The lowest BCUT2D eigenvalue weighted by molar-refractivity contribution is 0.392. The molecule has 0 bridgehead atoms. The van der Waals surface area contributed by atoms with Crippen molar-refractivity contribution in [3.8, 4) is 0 Å². The van der Waals surface area contributed by atoms with Crippen molar-refractivity contribution < 1.29 is 8.42 Å². The Hall–Kier alpha value is -1.50. The molecule has 0 unspecified atom stereocenters. The molecule has 1 aromatic carbocycles. The highest BCUT2D eigenvalue weighted by molar-refractivity contribution is 7.89. The Labute approximate surface area is 132 Å². The summed E-state index contributed by atoms with van der Waals surface area (Å²) in [7, 11) is -3.65.